The van der Waals surface area contributed by atoms with E-state index in [4.69, 9.17) is 5.73 Å². The summed E-state index contributed by atoms with van der Waals surface area (Å²) in [5.74, 6) is 0.518. The number of hydrogen-bond acceptors (Lipinski definition) is 4. The molecule has 82 valence electrons. The molecule has 0 bridgehead atoms. The van der Waals surface area contributed by atoms with Crippen LogP contribution >= 0.6 is 0 Å². The second-order valence-corrected chi connectivity index (χ2v) is 3.59. The van der Waals surface area contributed by atoms with Crippen LogP contribution in [0, 0.1) is 6.92 Å². The summed E-state index contributed by atoms with van der Waals surface area (Å²) < 4.78 is 0. The number of nitrogens with zero attached hydrogens (tertiary/aromatic N) is 2. The first-order valence-corrected chi connectivity index (χ1v) is 5.11. The topological polar surface area (TPSA) is 63.8 Å². The van der Waals surface area contributed by atoms with E-state index in [2.05, 4.69) is 22.2 Å². The number of nitrogens with two attached hydrogens (primary N) is 1. The van der Waals surface area contributed by atoms with Gasteiger partial charge < -0.3 is 11.1 Å². The number of rotatable bonds is 3. The maximum Gasteiger partial charge on any atom is 0.146 e. The number of nitrogens with one attached hydrogen (secondary N) is 1. The molecule has 0 amide bonds. The Morgan fingerprint density at radius 1 is 1.31 bits per heavy atom. The van der Waals surface area contributed by atoms with Crippen LogP contribution in [-0.4, -0.2) is 9.97 Å². The molecule has 0 unspecified atom stereocenters. The zero-order valence-corrected chi connectivity index (χ0v) is 9.14. The lowest BCUT2D eigenvalue weighted by Crippen LogP contribution is -2.04. The van der Waals surface area contributed by atoms with Crippen molar-refractivity contribution in [1.29, 1.82) is 0 Å². The Kier molecular flexibility index (Phi) is 3.00. The summed E-state index contributed by atoms with van der Waals surface area (Å²) in [6.45, 7) is 2.76. The van der Waals surface area contributed by atoms with Crippen LogP contribution in [0.15, 0.2) is 36.8 Å². The highest BCUT2D eigenvalue weighted by Gasteiger charge is 2.00. The van der Waals surface area contributed by atoms with Crippen LogP contribution < -0.4 is 11.1 Å². The summed E-state index contributed by atoms with van der Waals surface area (Å²) in [4.78, 5) is 8.11. The molecule has 2 aromatic heterocycles. The molecule has 0 radical (unpaired) electrons. The summed E-state index contributed by atoms with van der Waals surface area (Å²) in [6.07, 6.45) is 5.32. The molecule has 0 aliphatic rings. The van der Waals surface area contributed by atoms with Crippen molar-refractivity contribution in [3.8, 4) is 0 Å². The fourth-order valence-electron chi connectivity index (χ4n) is 1.44. The quantitative estimate of drug-likeness (QED) is 0.820. The number of pyridine rings is 2. The van der Waals surface area contributed by atoms with Gasteiger partial charge in [0.15, 0.2) is 0 Å². The smallest absolute Gasteiger partial charge is 0.146 e. The van der Waals surface area contributed by atoms with E-state index in [0.29, 0.717) is 12.4 Å². The Balaban J connectivity index is 2.09. The molecular weight excluding hydrogens is 200 g/mol. The number of aromatic nitrogens is 2. The van der Waals surface area contributed by atoms with Crippen molar-refractivity contribution in [2.24, 2.45) is 0 Å². The normalized spacial score (nSPS) is 10.1. The van der Waals surface area contributed by atoms with Gasteiger partial charge >= 0.3 is 0 Å². The van der Waals surface area contributed by atoms with E-state index in [9.17, 15) is 0 Å². The van der Waals surface area contributed by atoms with Crippen LogP contribution in [-0.2, 0) is 6.54 Å². The average Bonchev–Trinajstić information content (AvgIpc) is 2.30. The van der Waals surface area contributed by atoms with Crippen LogP contribution in [0.5, 0.6) is 0 Å². The molecule has 0 aliphatic carbocycles. The van der Waals surface area contributed by atoms with Crippen molar-refractivity contribution in [2.45, 2.75) is 13.5 Å². The van der Waals surface area contributed by atoms with Crippen LogP contribution in [0.2, 0.25) is 0 Å². The van der Waals surface area contributed by atoms with Crippen LogP contribution in [0.3, 0.4) is 0 Å². The second kappa shape index (κ2) is 4.61. The fourth-order valence-corrected chi connectivity index (χ4v) is 1.44. The van der Waals surface area contributed by atoms with Gasteiger partial charge in [0.05, 0.1) is 5.69 Å². The third-order valence-corrected chi connectivity index (χ3v) is 2.46. The van der Waals surface area contributed by atoms with E-state index < -0.39 is 0 Å². The summed E-state index contributed by atoms with van der Waals surface area (Å²) >= 11 is 0. The molecule has 0 aromatic carbocycles. The largest absolute Gasteiger partial charge is 0.382 e. The van der Waals surface area contributed by atoms with E-state index in [-0.39, 0.29) is 0 Å². The Hall–Kier alpha value is -2.10. The highest BCUT2D eigenvalue weighted by Crippen LogP contribution is 2.15. The monoisotopic (exact) mass is 214 g/mol. The molecule has 2 rings (SSSR count). The minimum Gasteiger partial charge on any atom is -0.382 e. The lowest BCUT2D eigenvalue weighted by Gasteiger charge is -2.09. The van der Waals surface area contributed by atoms with Gasteiger partial charge in [0.1, 0.15) is 5.82 Å². The van der Waals surface area contributed by atoms with E-state index in [1.807, 2.05) is 24.4 Å². The zero-order chi connectivity index (χ0) is 11.4. The van der Waals surface area contributed by atoms with Gasteiger partial charge in [-0.25, -0.2) is 4.98 Å². The molecular formula is C12H14N4. The van der Waals surface area contributed by atoms with Crippen LogP contribution in [0.1, 0.15) is 11.1 Å². The van der Waals surface area contributed by atoms with E-state index in [1.54, 1.807) is 12.4 Å². The Morgan fingerprint density at radius 2 is 2.19 bits per heavy atom. The first kappa shape index (κ1) is 10.4. The highest BCUT2D eigenvalue weighted by atomic mass is 14.9. The standard InChI is InChI=1S/C12H14N4/c1-9-4-6-14-7-10(9)8-16-11-3-2-5-15-12(11)13/h2-7,16H,8H2,1H3,(H2,13,15). The average molecular weight is 214 g/mol. The first-order chi connectivity index (χ1) is 7.77. The molecule has 3 N–H and O–H groups in total. The van der Waals surface area contributed by atoms with Crippen molar-refractivity contribution in [3.05, 3.63) is 47.9 Å². The van der Waals surface area contributed by atoms with Gasteiger partial charge in [-0.05, 0) is 36.2 Å². The lowest BCUT2D eigenvalue weighted by molar-refractivity contribution is 1.08. The van der Waals surface area contributed by atoms with Crippen LogP contribution in [0.4, 0.5) is 11.5 Å². The zero-order valence-electron chi connectivity index (χ0n) is 9.14. The van der Waals surface area contributed by atoms with E-state index >= 15 is 0 Å². The number of anilines is 2. The molecule has 2 aromatic rings. The van der Waals surface area contributed by atoms with Gasteiger partial charge in [-0.1, -0.05) is 0 Å². The third kappa shape index (κ3) is 2.28. The number of nitrogen functional groups attached to an aromatic ring is 1. The number of hydrogen-bond donors (Lipinski definition) is 2. The second-order valence-electron chi connectivity index (χ2n) is 3.59. The van der Waals surface area contributed by atoms with Gasteiger partial charge in [-0.3, -0.25) is 4.98 Å². The maximum absolute atomic E-state index is 5.73. The molecule has 4 nitrogen and oxygen atoms in total. The summed E-state index contributed by atoms with van der Waals surface area (Å²) in [6, 6.07) is 5.76. The van der Waals surface area contributed by atoms with E-state index in [0.717, 1.165) is 11.3 Å². The molecule has 2 heterocycles. The molecule has 0 fully saturated rings. The van der Waals surface area contributed by atoms with Gasteiger partial charge in [-0.15, -0.1) is 0 Å². The maximum atomic E-state index is 5.73. The molecule has 0 saturated heterocycles. The predicted molar refractivity (Wildman–Crippen MR) is 65.0 cm³/mol. The molecule has 0 atom stereocenters. The minimum absolute atomic E-state index is 0.518. The number of aryl methyl sites for hydroxylation is 1. The molecule has 0 saturated carbocycles. The predicted octanol–water partition coefficient (Wildman–Crippen LogP) is 1.98. The van der Waals surface area contributed by atoms with Crippen molar-refractivity contribution in [1.82, 2.24) is 9.97 Å². The van der Waals surface area contributed by atoms with Gasteiger partial charge in [0.2, 0.25) is 0 Å². The van der Waals surface area contributed by atoms with E-state index in [1.165, 1.54) is 5.56 Å². The Bertz CT molecular complexity index is 436. The Morgan fingerprint density at radius 3 is 2.94 bits per heavy atom. The highest BCUT2D eigenvalue weighted by molar-refractivity contribution is 5.61. The molecule has 4 heteroatoms. The van der Waals surface area contributed by atoms with Gasteiger partial charge in [0, 0.05) is 25.1 Å². The van der Waals surface area contributed by atoms with Crippen LogP contribution in [0.25, 0.3) is 0 Å². The van der Waals surface area contributed by atoms with Crippen molar-refractivity contribution in [2.75, 3.05) is 11.1 Å². The van der Waals surface area contributed by atoms with Crippen molar-refractivity contribution >= 4 is 11.5 Å². The fraction of sp³-hybridized carbons (Fsp3) is 0.167. The van der Waals surface area contributed by atoms with Crippen molar-refractivity contribution < 1.29 is 0 Å². The molecule has 0 aliphatic heterocycles. The minimum atomic E-state index is 0.518. The van der Waals surface area contributed by atoms with Gasteiger partial charge in [0.25, 0.3) is 0 Å². The Labute approximate surface area is 94.5 Å². The lowest BCUT2D eigenvalue weighted by atomic mass is 10.1. The summed E-state index contributed by atoms with van der Waals surface area (Å²) in [7, 11) is 0. The van der Waals surface area contributed by atoms with Gasteiger partial charge in [-0.2, -0.15) is 0 Å². The third-order valence-electron chi connectivity index (χ3n) is 2.46. The SMILES string of the molecule is Cc1ccncc1CNc1cccnc1N. The molecule has 0 spiro atoms. The van der Waals surface area contributed by atoms with Crippen molar-refractivity contribution in [3.63, 3.8) is 0 Å². The first-order valence-electron chi connectivity index (χ1n) is 5.11. The molecule has 16 heavy (non-hydrogen) atoms. The summed E-state index contributed by atoms with van der Waals surface area (Å²) in [5, 5.41) is 3.24. The summed E-state index contributed by atoms with van der Waals surface area (Å²) in [5.41, 5.74) is 8.96.